The number of nitrogens with one attached hydrogen (secondary N) is 1. The first kappa shape index (κ1) is 12.7. The van der Waals surface area contributed by atoms with E-state index in [1.54, 1.807) is 0 Å². The average Bonchev–Trinajstić information content (AvgIpc) is 2.90. The van der Waals surface area contributed by atoms with E-state index in [0.29, 0.717) is 5.41 Å². The number of rotatable bonds is 4. The van der Waals surface area contributed by atoms with Crippen molar-refractivity contribution in [1.29, 1.82) is 0 Å². The molecule has 3 atom stereocenters. The van der Waals surface area contributed by atoms with Gasteiger partial charge >= 0.3 is 0 Å². The predicted octanol–water partition coefficient (Wildman–Crippen LogP) is 2.09. The Morgan fingerprint density at radius 1 is 1.38 bits per heavy atom. The topological polar surface area (TPSA) is 38.0 Å². The lowest BCUT2D eigenvalue weighted by molar-refractivity contribution is 0.226. The molecule has 0 aromatic carbocycles. The van der Waals surface area contributed by atoms with Crippen LogP contribution in [0.15, 0.2) is 0 Å². The Kier molecular flexibility index (Phi) is 3.58. The third kappa shape index (κ3) is 2.93. The molecule has 3 unspecified atom stereocenters. The smallest absolute Gasteiger partial charge is 0.0400 e. The fourth-order valence-corrected chi connectivity index (χ4v) is 4.36. The summed E-state index contributed by atoms with van der Waals surface area (Å²) in [6, 6.07) is 0. The Labute approximate surface area is 104 Å². The SMILES string of the molecule is CC1CC1CNC1(CN)CSCC(C)(C)C1. The van der Waals surface area contributed by atoms with E-state index in [0.717, 1.165) is 18.4 Å². The summed E-state index contributed by atoms with van der Waals surface area (Å²) in [5.74, 6) is 4.31. The van der Waals surface area contributed by atoms with Gasteiger partial charge in [-0.2, -0.15) is 11.8 Å². The molecule has 1 heterocycles. The fourth-order valence-electron chi connectivity index (χ4n) is 2.89. The highest BCUT2D eigenvalue weighted by Gasteiger charge is 2.41. The van der Waals surface area contributed by atoms with E-state index < -0.39 is 0 Å². The molecule has 2 rings (SSSR count). The normalized spacial score (nSPS) is 42.0. The lowest BCUT2D eigenvalue weighted by Crippen LogP contribution is -2.58. The molecule has 1 saturated carbocycles. The first-order valence-corrected chi connectivity index (χ1v) is 7.65. The zero-order chi connectivity index (χ0) is 11.8. The molecule has 0 aromatic rings. The quantitative estimate of drug-likeness (QED) is 0.793. The number of hydrogen-bond donors (Lipinski definition) is 2. The standard InChI is InChI=1S/C13H26N2S/c1-10-4-11(10)5-15-13(7-14)6-12(2,3)8-16-9-13/h10-11,15H,4-9,14H2,1-3H3. The highest BCUT2D eigenvalue weighted by molar-refractivity contribution is 7.99. The number of hydrogen-bond acceptors (Lipinski definition) is 3. The minimum atomic E-state index is 0.203. The first-order chi connectivity index (χ1) is 7.46. The van der Waals surface area contributed by atoms with Gasteiger partial charge in [-0.15, -0.1) is 0 Å². The summed E-state index contributed by atoms with van der Waals surface area (Å²) in [5.41, 5.74) is 6.66. The highest BCUT2D eigenvalue weighted by atomic mass is 32.2. The van der Waals surface area contributed by atoms with E-state index in [1.807, 2.05) is 0 Å². The molecule has 0 spiro atoms. The molecule has 1 aliphatic heterocycles. The van der Waals surface area contributed by atoms with E-state index >= 15 is 0 Å². The molecule has 16 heavy (non-hydrogen) atoms. The second-order valence-corrected chi connectivity index (χ2v) is 7.66. The van der Waals surface area contributed by atoms with Gasteiger partial charge in [0.05, 0.1) is 0 Å². The van der Waals surface area contributed by atoms with Gasteiger partial charge in [0.2, 0.25) is 0 Å². The Balaban J connectivity index is 1.90. The maximum Gasteiger partial charge on any atom is 0.0400 e. The van der Waals surface area contributed by atoms with Gasteiger partial charge in [-0.3, -0.25) is 0 Å². The lowest BCUT2D eigenvalue weighted by atomic mass is 9.79. The van der Waals surface area contributed by atoms with Crippen molar-refractivity contribution in [2.75, 3.05) is 24.6 Å². The van der Waals surface area contributed by atoms with Gasteiger partial charge in [0.15, 0.2) is 0 Å². The zero-order valence-electron chi connectivity index (χ0n) is 10.9. The van der Waals surface area contributed by atoms with Gasteiger partial charge in [-0.1, -0.05) is 20.8 Å². The monoisotopic (exact) mass is 242 g/mol. The summed E-state index contributed by atoms with van der Waals surface area (Å²) in [4.78, 5) is 0. The van der Waals surface area contributed by atoms with Crippen molar-refractivity contribution < 1.29 is 0 Å². The maximum absolute atomic E-state index is 6.02. The molecule has 0 aromatic heterocycles. The molecular weight excluding hydrogens is 216 g/mol. The van der Waals surface area contributed by atoms with E-state index in [1.165, 1.54) is 30.9 Å². The van der Waals surface area contributed by atoms with E-state index in [2.05, 4.69) is 37.8 Å². The van der Waals surface area contributed by atoms with Crippen molar-refractivity contribution in [3.05, 3.63) is 0 Å². The summed E-state index contributed by atoms with van der Waals surface area (Å²) in [6.07, 6.45) is 2.63. The highest BCUT2D eigenvalue weighted by Crippen LogP contribution is 2.41. The van der Waals surface area contributed by atoms with Crippen LogP contribution in [0, 0.1) is 17.3 Å². The van der Waals surface area contributed by atoms with Crippen molar-refractivity contribution in [3.63, 3.8) is 0 Å². The third-order valence-corrected chi connectivity index (χ3v) is 5.84. The molecule has 2 fully saturated rings. The fraction of sp³-hybridized carbons (Fsp3) is 1.00. The summed E-state index contributed by atoms with van der Waals surface area (Å²) in [6.45, 7) is 9.04. The van der Waals surface area contributed by atoms with Gasteiger partial charge in [-0.05, 0) is 42.4 Å². The predicted molar refractivity (Wildman–Crippen MR) is 72.8 cm³/mol. The van der Waals surface area contributed by atoms with Crippen LogP contribution in [0.25, 0.3) is 0 Å². The largest absolute Gasteiger partial charge is 0.329 e. The summed E-state index contributed by atoms with van der Waals surface area (Å²) in [7, 11) is 0. The zero-order valence-corrected chi connectivity index (χ0v) is 11.7. The van der Waals surface area contributed by atoms with Crippen LogP contribution in [0.4, 0.5) is 0 Å². The molecule has 3 N–H and O–H groups in total. The Morgan fingerprint density at radius 3 is 2.56 bits per heavy atom. The van der Waals surface area contributed by atoms with Crippen molar-refractivity contribution in [2.45, 2.75) is 39.2 Å². The molecule has 1 saturated heterocycles. The minimum absolute atomic E-state index is 0.203. The molecule has 0 amide bonds. The molecule has 1 aliphatic carbocycles. The molecule has 0 bridgehead atoms. The maximum atomic E-state index is 6.02. The second-order valence-electron chi connectivity index (χ2n) is 6.67. The van der Waals surface area contributed by atoms with Gasteiger partial charge in [0, 0.05) is 17.8 Å². The lowest BCUT2D eigenvalue weighted by Gasteiger charge is -2.44. The van der Waals surface area contributed by atoms with Crippen molar-refractivity contribution >= 4 is 11.8 Å². The van der Waals surface area contributed by atoms with E-state index in [4.69, 9.17) is 5.73 Å². The second kappa shape index (κ2) is 4.51. The van der Waals surface area contributed by atoms with Crippen LogP contribution >= 0.6 is 11.8 Å². The van der Waals surface area contributed by atoms with Crippen LogP contribution in [0.3, 0.4) is 0 Å². The summed E-state index contributed by atoms with van der Waals surface area (Å²) < 4.78 is 0. The van der Waals surface area contributed by atoms with Gasteiger partial charge in [0.25, 0.3) is 0 Å². The van der Waals surface area contributed by atoms with Crippen LogP contribution < -0.4 is 11.1 Å². The van der Waals surface area contributed by atoms with Crippen LogP contribution in [-0.2, 0) is 0 Å². The van der Waals surface area contributed by atoms with Crippen LogP contribution in [0.1, 0.15) is 33.6 Å². The number of thioether (sulfide) groups is 1. The van der Waals surface area contributed by atoms with E-state index in [-0.39, 0.29) is 5.54 Å². The van der Waals surface area contributed by atoms with Crippen molar-refractivity contribution in [2.24, 2.45) is 23.0 Å². The van der Waals surface area contributed by atoms with E-state index in [9.17, 15) is 0 Å². The van der Waals surface area contributed by atoms with Crippen LogP contribution in [0.5, 0.6) is 0 Å². The average molecular weight is 242 g/mol. The first-order valence-electron chi connectivity index (χ1n) is 6.49. The molecular formula is C13H26N2S. The molecule has 2 aliphatic rings. The third-order valence-electron chi connectivity index (χ3n) is 4.09. The van der Waals surface area contributed by atoms with Crippen molar-refractivity contribution in [1.82, 2.24) is 5.32 Å². The summed E-state index contributed by atoms with van der Waals surface area (Å²) >= 11 is 2.06. The molecule has 94 valence electrons. The minimum Gasteiger partial charge on any atom is -0.329 e. The van der Waals surface area contributed by atoms with Gasteiger partial charge < -0.3 is 11.1 Å². The van der Waals surface area contributed by atoms with Crippen LogP contribution in [-0.4, -0.2) is 30.1 Å². The van der Waals surface area contributed by atoms with Gasteiger partial charge in [-0.25, -0.2) is 0 Å². The van der Waals surface area contributed by atoms with Gasteiger partial charge in [0.1, 0.15) is 0 Å². The Hall–Kier alpha value is 0.270. The Bertz CT molecular complexity index is 254. The summed E-state index contributed by atoms with van der Waals surface area (Å²) in [5, 5.41) is 3.79. The molecule has 3 heteroatoms. The van der Waals surface area contributed by atoms with Crippen molar-refractivity contribution in [3.8, 4) is 0 Å². The molecule has 0 radical (unpaired) electrons. The van der Waals surface area contributed by atoms with Crippen LogP contribution in [0.2, 0.25) is 0 Å². The molecule has 2 nitrogen and oxygen atoms in total. The Morgan fingerprint density at radius 2 is 2.06 bits per heavy atom. The number of nitrogens with two attached hydrogens (primary N) is 1.